The fraction of sp³-hybridized carbons (Fsp3) is 0.281. The topological polar surface area (TPSA) is 21.6 Å². The van der Waals surface area contributed by atoms with Crippen LogP contribution in [0.4, 0.5) is 13.2 Å². The van der Waals surface area contributed by atoms with E-state index in [-0.39, 0.29) is 29.0 Å². The average molecular weight is 570 g/mol. The van der Waals surface area contributed by atoms with Crippen LogP contribution in [0.1, 0.15) is 55.4 Å². The van der Waals surface area contributed by atoms with Crippen LogP contribution >= 0.6 is 23.4 Å². The molecule has 0 spiro atoms. The van der Waals surface area contributed by atoms with Crippen molar-refractivity contribution in [1.29, 1.82) is 0 Å². The lowest BCUT2D eigenvalue weighted by Crippen LogP contribution is -2.27. The van der Waals surface area contributed by atoms with Crippen LogP contribution in [0.5, 0.6) is 5.75 Å². The van der Waals surface area contributed by atoms with Crippen LogP contribution in [0.15, 0.2) is 77.9 Å². The summed E-state index contributed by atoms with van der Waals surface area (Å²) in [5.41, 5.74) is 3.01. The molecule has 2 atom stereocenters. The van der Waals surface area contributed by atoms with E-state index in [0.29, 0.717) is 22.8 Å². The molecule has 0 saturated heterocycles. The van der Waals surface area contributed by atoms with E-state index in [0.717, 1.165) is 21.7 Å². The molecule has 4 rings (SSSR count). The number of benzene rings is 3. The Morgan fingerprint density at radius 2 is 1.74 bits per heavy atom. The number of nitrogens with zero attached hydrogens (tertiary/aromatic N) is 1. The molecule has 7 heteroatoms. The van der Waals surface area contributed by atoms with Gasteiger partial charge in [-0.15, -0.1) is 11.8 Å². The molecule has 1 aliphatic heterocycles. The molecule has 0 amide bonds. The Balaban J connectivity index is 1.73. The standard InChI is InChI=1S/C32H31ClF3NOS/c1-6-20-13-28(35)25(29(36)14-20)18-39-31-16-24(21-7-10-23(34)11-8-21)19(2)26(17-37-31)32(3,4)22-9-12-27(33)30(15-22)38-5/h6-15,17,19,24H,1,16,18H2,2-5H3. The van der Waals surface area contributed by atoms with Crippen LogP contribution in [0.25, 0.3) is 6.08 Å². The van der Waals surface area contributed by atoms with E-state index < -0.39 is 17.0 Å². The lowest BCUT2D eigenvalue weighted by molar-refractivity contribution is 0.411. The van der Waals surface area contributed by atoms with E-state index in [2.05, 4.69) is 27.4 Å². The first-order valence-corrected chi connectivity index (χ1v) is 14.0. The van der Waals surface area contributed by atoms with Crippen molar-refractivity contribution in [2.75, 3.05) is 7.11 Å². The van der Waals surface area contributed by atoms with Crippen molar-refractivity contribution < 1.29 is 17.9 Å². The highest BCUT2D eigenvalue weighted by atomic mass is 35.5. The molecule has 0 bridgehead atoms. The normalized spacial score (nSPS) is 17.7. The van der Waals surface area contributed by atoms with Crippen molar-refractivity contribution >= 4 is 34.5 Å². The summed E-state index contributed by atoms with van der Waals surface area (Å²) in [7, 11) is 1.58. The second-order valence-corrected chi connectivity index (χ2v) is 11.6. The first kappa shape index (κ1) is 29.0. The van der Waals surface area contributed by atoms with Gasteiger partial charge in [-0.1, -0.05) is 63.2 Å². The third-order valence-electron chi connectivity index (χ3n) is 7.51. The number of rotatable bonds is 7. The van der Waals surface area contributed by atoms with Crippen molar-refractivity contribution in [3.63, 3.8) is 0 Å². The highest BCUT2D eigenvalue weighted by Crippen LogP contribution is 2.46. The highest BCUT2D eigenvalue weighted by Gasteiger charge is 2.36. The molecule has 204 valence electrons. The highest BCUT2D eigenvalue weighted by molar-refractivity contribution is 8.13. The molecule has 3 aromatic carbocycles. The first-order valence-electron chi connectivity index (χ1n) is 12.6. The molecule has 1 heterocycles. The van der Waals surface area contributed by atoms with Gasteiger partial charge < -0.3 is 4.74 Å². The Bertz CT molecular complexity index is 1410. The van der Waals surface area contributed by atoms with Gasteiger partial charge in [-0.3, -0.25) is 4.99 Å². The number of hydrogen-bond acceptors (Lipinski definition) is 3. The van der Waals surface area contributed by atoms with Gasteiger partial charge in [-0.2, -0.15) is 0 Å². The first-order chi connectivity index (χ1) is 18.5. The minimum absolute atomic E-state index is 0.00159. The Labute approximate surface area is 237 Å². The van der Waals surface area contributed by atoms with Gasteiger partial charge in [0.05, 0.1) is 17.2 Å². The lowest BCUT2D eigenvalue weighted by atomic mass is 9.68. The Morgan fingerprint density at radius 3 is 2.36 bits per heavy atom. The molecular weight excluding hydrogens is 539 g/mol. The zero-order valence-corrected chi connectivity index (χ0v) is 24.0. The number of allylic oxidation sites excluding steroid dienone is 1. The Kier molecular flexibility index (Phi) is 8.97. The van der Waals surface area contributed by atoms with Gasteiger partial charge in [0.25, 0.3) is 0 Å². The summed E-state index contributed by atoms with van der Waals surface area (Å²) in [6.45, 7) is 9.98. The fourth-order valence-corrected chi connectivity index (χ4v) is 6.29. The third-order valence-corrected chi connectivity index (χ3v) is 8.86. The van der Waals surface area contributed by atoms with Crippen LogP contribution in [-0.4, -0.2) is 12.2 Å². The second kappa shape index (κ2) is 12.1. The Hall–Kier alpha value is -2.96. The van der Waals surface area contributed by atoms with Gasteiger partial charge in [-0.25, -0.2) is 13.2 Å². The van der Waals surface area contributed by atoms with Gasteiger partial charge in [0.15, 0.2) is 0 Å². The number of ether oxygens (including phenoxy) is 1. The van der Waals surface area contributed by atoms with Gasteiger partial charge in [0.1, 0.15) is 23.2 Å². The van der Waals surface area contributed by atoms with Crippen LogP contribution in [0.2, 0.25) is 5.02 Å². The van der Waals surface area contributed by atoms with Crippen LogP contribution in [0, 0.1) is 23.4 Å². The smallest absolute Gasteiger partial charge is 0.137 e. The van der Waals surface area contributed by atoms with Gasteiger partial charge in [0.2, 0.25) is 0 Å². The quantitative estimate of drug-likeness (QED) is 0.282. The molecule has 1 aliphatic rings. The number of halogens is 4. The van der Waals surface area contributed by atoms with E-state index >= 15 is 0 Å². The van der Waals surface area contributed by atoms with Crippen LogP contribution in [-0.2, 0) is 11.2 Å². The summed E-state index contributed by atoms with van der Waals surface area (Å²) >= 11 is 7.61. The molecular formula is C32H31ClF3NOS. The summed E-state index contributed by atoms with van der Waals surface area (Å²) < 4.78 is 48.6. The zero-order chi connectivity index (χ0) is 28.3. The minimum Gasteiger partial charge on any atom is -0.495 e. The largest absolute Gasteiger partial charge is 0.495 e. The number of hydrogen-bond donors (Lipinski definition) is 0. The summed E-state index contributed by atoms with van der Waals surface area (Å²) in [4.78, 5) is 4.83. The predicted molar refractivity (Wildman–Crippen MR) is 157 cm³/mol. The second-order valence-electron chi connectivity index (χ2n) is 10.2. The van der Waals surface area contributed by atoms with Crippen LogP contribution < -0.4 is 4.74 Å². The number of aliphatic imine (C=N–C) groups is 1. The van der Waals surface area contributed by atoms with E-state index in [1.165, 1.54) is 42.1 Å². The minimum atomic E-state index is -0.607. The maximum absolute atomic E-state index is 14.7. The van der Waals surface area contributed by atoms with Crippen molar-refractivity contribution in [2.24, 2.45) is 10.9 Å². The molecule has 0 aromatic heterocycles. The summed E-state index contributed by atoms with van der Waals surface area (Å²) in [5, 5.41) is 1.28. The molecule has 0 saturated carbocycles. The zero-order valence-electron chi connectivity index (χ0n) is 22.4. The summed E-state index contributed by atoms with van der Waals surface area (Å²) in [6, 6.07) is 14.8. The number of methoxy groups -OCH3 is 1. The van der Waals surface area contributed by atoms with E-state index in [4.69, 9.17) is 21.3 Å². The molecule has 39 heavy (non-hydrogen) atoms. The predicted octanol–water partition coefficient (Wildman–Crippen LogP) is 9.73. The van der Waals surface area contributed by atoms with Crippen molar-refractivity contribution in [2.45, 2.75) is 44.3 Å². The molecule has 0 radical (unpaired) electrons. The van der Waals surface area contributed by atoms with Gasteiger partial charge in [-0.05, 0) is 70.5 Å². The number of thioether (sulfide) groups is 1. The van der Waals surface area contributed by atoms with Gasteiger partial charge in [0, 0.05) is 29.4 Å². The molecule has 0 aliphatic carbocycles. The van der Waals surface area contributed by atoms with Crippen LogP contribution in [0.3, 0.4) is 0 Å². The molecule has 2 nitrogen and oxygen atoms in total. The van der Waals surface area contributed by atoms with E-state index in [1.54, 1.807) is 19.2 Å². The molecule has 3 aromatic rings. The maximum Gasteiger partial charge on any atom is 0.137 e. The maximum atomic E-state index is 14.7. The van der Waals surface area contributed by atoms with E-state index in [9.17, 15) is 13.2 Å². The molecule has 0 N–H and O–H groups in total. The van der Waals surface area contributed by atoms with Crippen molar-refractivity contribution in [3.8, 4) is 5.75 Å². The SMILES string of the molecule is C=Cc1cc(F)c(CSC2=NC=C(C(C)(C)c3ccc(Cl)c(OC)c3)C(C)C(c3ccc(F)cc3)C2)c(F)c1. The summed E-state index contributed by atoms with van der Waals surface area (Å²) in [6.07, 6.45) is 3.84. The van der Waals surface area contributed by atoms with Crippen molar-refractivity contribution in [3.05, 3.63) is 118 Å². The lowest BCUT2D eigenvalue weighted by Gasteiger charge is -2.35. The average Bonchev–Trinajstić information content (AvgIpc) is 3.07. The molecule has 2 unspecified atom stereocenters. The van der Waals surface area contributed by atoms with Crippen molar-refractivity contribution in [1.82, 2.24) is 0 Å². The third kappa shape index (κ3) is 6.28. The van der Waals surface area contributed by atoms with Gasteiger partial charge >= 0.3 is 0 Å². The summed E-state index contributed by atoms with van der Waals surface area (Å²) in [5.74, 6) is -0.842. The fourth-order valence-electron chi connectivity index (χ4n) is 5.09. The van der Waals surface area contributed by atoms with E-state index in [1.807, 2.05) is 24.4 Å². The molecule has 0 fully saturated rings. The monoisotopic (exact) mass is 569 g/mol. The Morgan fingerprint density at radius 1 is 1.08 bits per heavy atom.